The summed E-state index contributed by atoms with van der Waals surface area (Å²) in [6, 6.07) is 1.53. The zero-order chi connectivity index (χ0) is 15.2. The van der Waals surface area contributed by atoms with Crippen LogP contribution in [0.2, 0.25) is 0 Å². The summed E-state index contributed by atoms with van der Waals surface area (Å²) in [7, 11) is 0. The Labute approximate surface area is 129 Å². The van der Waals surface area contributed by atoms with Gasteiger partial charge in [-0.05, 0) is 25.2 Å². The highest BCUT2D eigenvalue weighted by molar-refractivity contribution is 7.99. The first-order chi connectivity index (χ1) is 10.1. The zero-order valence-corrected chi connectivity index (χ0v) is 13.5. The number of rotatable bonds is 5. The maximum atomic E-state index is 12.2. The van der Waals surface area contributed by atoms with Crippen molar-refractivity contribution in [2.24, 2.45) is 5.92 Å². The smallest absolute Gasteiger partial charge is 0.251 e. The van der Waals surface area contributed by atoms with E-state index in [0.29, 0.717) is 16.8 Å². The molecule has 0 aliphatic carbocycles. The number of likely N-dealkylation sites (tertiary alicyclic amines) is 1. The number of nitrogens with zero attached hydrogens (tertiary/aromatic N) is 2. The highest BCUT2D eigenvalue weighted by Crippen LogP contribution is 2.18. The third kappa shape index (κ3) is 4.88. The molecule has 1 aromatic heterocycles. The minimum absolute atomic E-state index is 0.134. The van der Waals surface area contributed by atoms with Crippen LogP contribution in [0, 0.1) is 5.92 Å². The van der Waals surface area contributed by atoms with E-state index < -0.39 is 0 Å². The molecule has 1 atom stereocenters. The Balaban J connectivity index is 1.93. The van der Waals surface area contributed by atoms with Crippen molar-refractivity contribution in [1.82, 2.24) is 14.9 Å². The van der Waals surface area contributed by atoms with Crippen LogP contribution in [-0.2, 0) is 11.2 Å². The van der Waals surface area contributed by atoms with Gasteiger partial charge in [-0.25, -0.2) is 4.98 Å². The van der Waals surface area contributed by atoms with Crippen LogP contribution in [0.25, 0.3) is 0 Å². The lowest BCUT2D eigenvalue weighted by molar-refractivity contribution is -0.130. The minimum atomic E-state index is -0.144. The zero-order valence-electron chi connectivity index (χ0n) is 12.7. The van der Waals surface area contributed by atoms with Crippen molar-refractivity contribution in [2.45, 2.75) is 44.7 Å². The van der Waals surface area contributed by atoms with Crippen LogP contribution in [-0.4, -0.2) is 39.6 Å². The van der Waals surface area contributed by atoms with Crippen LogP contribution in [0.5, 0.6) is 0 Å². The number of hydrogen-bond donors (Lipinski definition) is 1. The van der Waals surface area contributed by atoms with Crippen LogP contribution >= 0.6 is 11.8 Å². The standard InChI is InChI=1S/C15H23N3O2S/c1-3-5-12-8-13(19)17-15(16-12)21-10-14(20)18-7-4-6-11(2)9-18/h8,11H,3-7,9-10H2,1-2H3,(H,16,17,19). The summed E-state index contributed by atoms with van der Waals surface area (Å²) < 4.78 is 0. The molecule has 1 aromatic rings. The molecule has 21 heavy (non-hydrogen) atoms. The summed E-state index contributed by atoms with van der Waals surface area (Å²) in [5, 5.41) is 0.546. The molecule has 116 valence electrons. The molecule has 1 aliphatic heterocycles. The van der Waals surface area contributed by atoms with Gasteiger partial charge in [0.05, 0.1) is 5.75 Å². The van der Waals surface area contributed by atoms with E-state index in [1.165, 1.54) is 24.2 Å². The number of aryl methyl sites for hydroxylation is 1. The molecular weight excluding hydrogens is 286 g/mol. The summed E-state index contributed by atoms with van der Waals surface area (Å²) in [6.45, 7) is 5.93. The van der Waals surface area contributed by atoms with E-state index in [1.54, 1.807) is 0 Å². The maximum absolute atomic E-state index is 12.2. The van der Waals surface area contributed by atoms with Crippen molar-refractivity contribution in [3.63, 3.8) is 0 Å². The van der Waals surface area contributed by atoms with Crippen LogP contribution in [0.4, 0.5) is 0 Å². The lowest BCUT2D eigenvalue weighted by Gasteiger charge is -2.30. The van der Waals surface area contributed by atoms with E-state index in [2.05, 4.69) is 23.8 Å². The number of carbonyl (C=O) groups excluding carboxylic acids is 1. The minimum Gasteiger partial charge on any atom is -0.342 e. The summed E-state index contributed by atoms with van der Waals surface area (Å²) in [6.07, 6.45) is 4.02. The Morgan fingerprint density at radius 2 is 2.38 bits per heavy atom. The molecule has 2 rings (SSSR count). The third-order valence-corrected chi connectivity index (χ3v) is 4.48. The second kappa shape index (κ2) is 7.64. The maximum Gasteiger partial charge on any atom is 0.251 e. The molecule has 0 saturated carbocycles. The van der Waals surface area contributed by atoms with Crippen molar-refractivity contribution in [3.05, 3.63) is 22.1 Å². The highest BCUT2D eigenvalue weighted by atomic mass is 32.2. The van der Waals surface area contributed by atoms with Crippen LogP contribution in [0.1, 0.15) is 38.8 Å². The van der Waals surface area contributed by atoms with Crippen LogP contribution < -0.4 is 5.56 Å². The fraction of sp³-hybridized carbons (Fsp3) is 0.667. The molecule has 6 heteroatoms. The van der Waals surface area contributed by atoms with Gasteiger partial charge in [0.25, 0.3) is 5.56 Å². The van der Waals surface area contributed by atoms with Gasteiger partial charge in [0, 0.05) is 24.8 Å². The van der Waals surface area contributed by atoms with Crippen molar-refractivity contribution in [1.29, 1.82) is 0 Å². The van der Waals surface area contributed by atoms with Gasteiger partial charge >= 0.3 is 0 Å². The van der Waals surface area contributed by atoms with E-state index >= 15 is 0 Å². The van der Waals surface area contributed by atoms with Gasteiger partial charge in [-0.3, -0.25) is 9.59 Å². The average molecular weight is 309 g/mol. The number of piperidine rings is 1. The van der Waals surface area contributed by atoms with E-state index in [9.17, 15) is 9.59 Å². The van der Waals surface area contributed by atoms with Crippen molar-refractivity contribution in [3.8, 4) is 0 Å². The number of thioether (sulfide) groups is 1. The lowest BCUT2D eigenvalue weighted by Crippen LogP contribution is -2.40. The van der Waals surface area contributed by atoms with Gasteiger partial charge in [-0.15, -0.1) is 0 Å². The molecule has 1 amide bonds. The van der Waals surface area contributed by atoms with Crippen LogP contribution in [0.3, 0.4) is 0 Å². The summed E-state index contributed by atoms with van der Waals surface area (Å²) in [5.74, 6) is 1.05. The van der Waals surface area contributed by atoms with Gasteiger partial charge in [-0.2, -0.15) is 0 Å². The molecule has 5 nitrogen and oxygen atoms in total. The first-order valence-electron chi connectivity index (χ1n) is 7.59. The molecule has 1 saturated heterocycles. The second-order valence-electron chi connectivity index (χ2n) is 5.67. The molecule has 1 unspecified atom stereocenters. The number of H-pyrrole nitrogens is 1. The van der Waals surface area contributed by atoms with Gasteiger partial charge in [0.15, 0.2) is 5.16 Å². The Kier molecular flexibility index (Phi) is 5.85. The summed E-state index contributed by atoms with van der Waals surface area (Å²) >= 11 is 1.32. The predicted octanol–water partition coefficient (Wildman–Crippen LogP) is 2.07. The molecular formula is C15H23N3O2S. The Hall–Kier alpha value is -1.30. The van der Waals surface area contributed by atoms with Gasteiger partial charge in [0.1, 0.15) is 0 Å². The fourth-order valence-corrected chi connectivity index (χ4v) is 3.37. The third-order valence-electron chi connectivity index (χ3n) is 3.62. The number of aromatic amines is 1. The number of carbonyl (C=O) groups is 1. The van der Waals surface area contributed by atoms with Crippen LogP contribution in [0.15, 0.2) is 16.0 Å². The largest absolute Gasteiger partial charge is 0.342 e. The molecule has 0 radical (unpaired) electrons. The quantitative estimate of drug-likeness (QED) is 0.668. The first kappa shape index (κ1) is 16.1. The lowest BCUT2D eigenvalue weighted by atomic mass is 10.0. The molecule has 1 N–H and O–H groups in total. The number of hydrogen-bond acceptors (Lipinski definition) is 4. The van der Waals surface area contributed by atoms with E-state index in [-0.39, 0.29) is 11.5 Å². The monoisotopic (exact) mass is 309 g/mol. The first-order valence-corrected chi connectivity index (χ1v) is 8.58. The number of aromatic nitrogens is 2. The van der Waals surface area contributed by atoms with E-state index in [0.717, 1.165) is 38.0 Å². The SMILES string of the molecule is CCCc1cc(=O)[nH]c(SCC(=O)N2CCCC(C)C2)n1. The molecule has 0 bridgehead atoms. The normalized spacial score (nSPS) is 18.8. The van der Waals surface area contributed by atoms with Gasteiger partial charge < -0.3 is 9.88 Å². The topological polar surface area (TPSA) is 66.1 Å². The number of amides is 1. The average Bonchev–Trinajstić information content (AvgIpc) is 2.44. The number of nitrogens with one attached hydrogen (secondary N) is 1. The summed E-state index contributed by atoms with van der Waals surface area (Å²) in [5.41, 5.74) is 0.651. The van der Waals surface area contributed by atoms with Gasteiger partial charge in [-0.1, -0.05) is 32.0 Å². The fourth-order valence-electron chi connectivity index (χ4n) is 2.57. The van der Waals surface area contributed by atoms with E-state index in [4.69, 9.17) is 0 Å². The van der Waals surface area contributed by atoms with Crippen molar-refractivity contribution < 1.29 is 4.79 Å². The Morgan fingerprint density at radius 3 is 3.10 bits per heavy atom. The molecule has 1 fully saturated rings. The molecule has 1 aliphatic rings. The van der Waals surface area contributed by atoms with Crippen molar-refractivity contribution >= 4 is 17.7 Å². The predicted molar refractivity (Wildman–Crippen MR) is 84.6 cm³/mol. The van der Waals surface area contributed by atoms with Crippen molar-refractivity contribution in [2.75, 3.05) is 18.8 Å². The Morgan fingerprint density at radius 1 is 1.57 bits per heavy atom. The summed E-state index contributed by atoms with van der Waals surface area (Å²) in [4.78, 5) is 32.8. The Bertz CT molecular complexity index is 544. The van der Waals surface area contributed by atoms with E-state index in [1.807, 2.05) is 4.90 Å². The second-order valence-corrected chi connectivity index (χ2v) is 6.63. The van der Waals surface area contributed by atoms with Gasteiger partial charge in [0.2, 0.25) is 5.91 Å². The highest BCUT2D eigenvalue weighted by Gasteiger charge is 2.21. The molecule has 0 aromatic carbocycles. The molecule has 0 spiro atoms. The molecule has 2 heterocycles.